The molecule has 21 heavy (non-hydrogen) atoms. The molecule has 0 aromatic heterocycles. The number of carbonyl (C=O) groups excluding carboxylic acids is 1. The summed E-state index contributed by atoms with van der Waals surface area (Å²) in [5, 5.41) is 6.15. The van der Waals surface area contributed by atoms with E-state index in [0.717, 1.165) is 30.9 Å². The number of rotatable bonds is 2. The maximum absolute atomic E-state index is 12.5. The highest BCUT2D eigenvalue weighted by molar-refractivity contribution is 5.98. The van der Waals surface area contributed by atoms with Crippen molar-refractivity contribution in [2.24, 2.45) is 0 Å². The van der Waals surface area contributed by atoms with Gasteiger partial charge in [0.15, 0.2) is 0 Å². The molecule has 0 bridgehead atoms. The second kappa shape index (κ2) is 5.66. The number of hydrogen-bond donors (Lipinski definition) is 2. The average molecular weight is 289 g/mol. The normalized spacial score (nSPS) is 29.7. The van der Waals surface area contributed by atoms with E-state index in [2.05, 4.69) is 41.5 Å². The lowest BCUT2D eigenvalue weighted by Crippen LogP contribution is -2.55. The number of nitrogens with one attached hydrogen (secondary N) is 2. The third-order valence-electron chi connectivity index (χ3n) is 4.26. The topological polar surface area (TPSA) is 53.6 Å². The Kier molecular flexibility index (Phi) is 3.87. The molecule has 5 heteroatoms. The number of carbonyl (C=O) groups is 1. The molecule has 5 nitrogen and oxygen atoms in total. The van der Waals surface area contributed by atoms with Crippen molar-refractivity contribution in [3.05, 3.63) is 23.8 Å². The zero-order valence-electron chi connectivity index (χ0n) is 12.8. The molecule has 3 unspecified atom stereocenters. The number of anilines is 2. The van der Waals surface area contributed by atoms with Crippen molar-refractivity contribution >= 4 is 17.3 Å². The van der Waals surface area contributed by atoms with Crippen molar-refractivity contribution in [2.45, 2.75) is 38.5 Å². The van der Waals surface area contributed by atoms with Gasteiger partial charge in [0.05, 0.1) is 18.2 Å². The number of nitrogens with zero attached hydrogens (tertiary/aromatic N) is 1. The number of ether oxygens (including phenoxy) is 1. The summed E-state index contributed by atoms with van der Waals surface area (Å²) in [6.07, 6.45) is 1.12. The maximum atomic E-state index is 12.5. The van der Waals surface area contributed by atoms with Crippen LogP contribution in [-0.4, -0.2) is 49.2 Å². The van der Waals surface area contributed by atoms with Gasteiger partial charge in [0.25, 0.3) is 0 Å². The number of benzene rings is 1. The van der Waals surface area contributed by atoms with Gasteiger partial charge < -0.3 is 15.4 Å². The van der Waals surface area contributed by atoms with E-state index < -0.39 is 0 Å². The van der Waals surface area contributed by atoms with Gasteiger partial charge in [-0.15, -0.1) is 0 Å². The third-order valence-corrected chi connectivity index (χ3v) is 4.26. The lowest BCUT2D eigenvalue weighted by atomic mass is 9.96. The van der Waals surface area contributed by atoms with E-state index in [4.69, 9.17) is 4.74 Å². The molecule has 2 aliphatic heterocycles. The minimum atomic E-state index is -0.0910. The van der Waals surface area contributed by atoms with Crippen LogP contribution in [0.25, 0.3) is 0 Å². The van der Waals surface area contributed by atoms with Crippen LogP contribution in [0, 0.1) is 0 Å². The molecule has 1 amide bonds. The maximum Gasteiger partial charge on any atom is 0.242 e. The van der Waals surface area contributed by atoms with E-state index in [1.165, 1.54) is 5.56 Å². The molecule has 3 rings (SSSR count). The lowest BCUT2D eigenvalue weighted by molar-refractivity contribution is -0.128. The van der Waals surface area contributed by atoms with Gasteiger partial charge in [0.1, 0.15) is 0 Å². The van der Waals surface area contributed by atoms with Crippen LogP contribution in [0.2, 0.25) is 0 Å². The SMILES string of the molecule is CNc1ccc2c(c1)NC(=O)C(N1CC(C)OC(C)C1)C2. The Bertz CT molecular complexity index is 536. The van der Waals surface area contributed by atoms with Gasteiger partial charge in [-0.25, -0.2) is 0 Å². The molecule has 2 heterocycles. The summed E-state index contributed by atoms with van der Waals surface area (Å²) in [5.41, 5.74) is 3.14. The van der Waals surface area contributed by atoms with Crippen LogP contribution in [0.15, 0.2) is 18.2 Å². The van der Waals surface area contributed by atoms with Gasteiger partial charge in [-0.05, 0) is 38.0 Å². The number of amides is 1. The monoisotopic (exact) mass is 289 g/mol. The van der Waals surface area contributed by atoms with E-state index >= 15 is 0 Å². The van der Waals surface area contributed by atoms with Crippen LogP contribution < -0.4 is 10.6 Å². The summed E-state index contributed by atoms with van der Waals surface area (Å²) in [7, 11) is 1.88. The first kappa shape index (κ1) is 14.4. The van der Waals surface area contributed by atoms with Gasteiger partial charge >= 0.3 is 0 Å². The first-order valence-electron chi connectivity index (χ1n) is 7.58. The molecule has 0 radical (unpaired) electrons. The van der Waals surface area contributed by atoms with E-state index in [-0.39, 0.29) is 24.2 Å². The Morgan fingerprint density at radius 2 is 2.00 bits per heavy atom. The van der Waals surface area contributed by atoms with Crippen LogP contribution >= 0.6 is 0 Å². The van der Waals surface area contributed by atoms with Crippen molar-refractivity contribution in [1.29, 1.82) is 0 Å². The quantitative estimate of drug-likeness (QED) is 0.870. The van der Waals surface area contributed by atoms with Crippen molar-refractivity contribution in [2.75, 3.05) is 30.8 Å². The van der Waals surface area contributed by atoms with Crippen LogP contribution in [0.4, 0.5) is 11.4 Å². The molecule has 3 atom stereocenters. The van der Waals surface area contributed by atoms with Crippen LogP contribution in [0.1, 0.15) is 19.4 Å². The lowest BCUT2D eigenvalue weighted by Gasteiger charge is -2.41. The van der Waals surface area contributed by atoms with Gasteiger partial charge in [0.2, 0.25) is 5.91 Å². The van der Waals surface area contributed by atoms with Crippen LogP contribution in [0.3, 0.4) is 0 Å². The summed E-state index contributed by atoms with van der Waals surface area (Å²) in [5.74, 6) is 0.0945. The molecule has 1 saturated heterocycles. The zero-order valence-corrected chi connectivity index (χ0v) is 12.8. The van der Waals surface area contributed by atoms with Gasteiger partial charge in [-0.1, -0.05) is 6.07 Å². The molecule has 0 saturated carbocycles. The van der Waals surface area contributed by atoms with Gasteiger partial charge in [-0.3, -0.25) is 9.69 Å². The molecule has 2 N–H and O–H groups in total. The molecule has 1 aromatic carbocycles. The molecular formula is C16H23N3O2. The van der Waals surface area contributed by atoms with Crippen LogP contribution in [-0.2, 0) is 16.0 Å². The third kappa shape index (κ3) is 2.89. The fourth-order valence-electron chi connectivity index (χ4n) is 3.31. The van der Waals surface area contributed by atoms with Crippen molar-refractivity contribution in [1.82, 2.24) is 4.90 Å². The Hall–Kier alpha value is -1.59. The molecule has 1 aromatic rings. The predicted molar refractivity (Wildman–Crippen MR) is 83.7 cm³/mol. The van der Waals surface area contributed by atoms with E-state index in [0.29, 0.717) is 0 Å². The molecule has 1 fully saturated rings. The predicted octanol–water partition coefficient (Wildman–Crippen LogP) is 1.70. The minimum absolute atomic E-state index is 0.0910. The fourth-order valence-corrected chi connectivity index (χ4v) is 3.31. The molecule has 2 aliphatic rings. The molecular weight excluding hydrogens is 266 g/mol. The smallest absolute Gasteiger partial charge is 0.242 e. The Balaban J connectivity index is 1.80. The first-order chi connectivity index (χ1) is 10.1. The zero-order chi connectivity index (χ0) is 15.0. The number of morpholine rings is 1. The number of hydrogen-bond acceptors (Lipinski definition) is 4. The molecule has 0 aliphatic carbocycles. The summed E-state index contributed by atoms with van der Waals surface area (Å²) in [4.78, 5) is 14.7. The second-order valence-corrected chi connectivity index (χ2v) is 6.04. The highest BCUT2D eigenvalue weighted by Gasteiger charge is 2.35. The van der Waals surface area contributed by atoms with Crippen molar-refractivity contribution in [3.63, 3.8) is 0 Å². The van der Waals surface area contributed by atoms with Crippen LogP contribution in [0.5, 0.6) is 0 Å². The van der Waals surface area contributed by atoms with E-state index in [1.807, 2.05) is 13.1 Å². The average Bonchev–Trinajstić information content (AvgIpc) is 2.44. The largest absolute Gasteiger partial charge is 0.388 e. The second-order valence-electron chi connectivity index (χ2n) is 6.04. The highest BCUT2D eigenvalue weighted by atomic mass is 16.5. The fraction of sp³-hybridized carbons (Fsp3) is 0.562. The first-order valence-corrected chi connectivity index (χ1v) is 7.58. The summed E-state index contributed by atoms with van der Waals surface area (Å²) in [6.45, 7) is 5.76. The van der Waals surface area contributed by atoms with Crippen molar-refractivity contribution < 1.29 is 9.53 Å². The van der Waals surface area contributed by atoms with Gasteiger partial charge in [-0.2, -0.15) is 0 Å². The Morgan fingerprint density at radius 1 is 1.29 bits per heavy atom. The van der Waals surface area contributed by atoms with E-state index in [1.54, 1.807) is 0 Å². The molecule has 114 valence electrons. The highest BCUT2D eigenvalue weighted by Crippen LogP contribution is 2.28. The number of fused-ring (bicyclic) bond motifs is 1. The van der Waals surface area contributed by atoms with E-state index in [9.17, 15) is 4.79 Å². The standard InChI is InChI=1S/C16H23N3O2/c1-10-8-19(9-11(2)21-10)15-6-12-4-5-13(17-3)7-14(12)18-16(15)20/h4-5,7,10-11,15,17H,6,8-9H2,1-3H3,(H,18,20). The summed E-state index contributed by atoms with van der Waals surface area (Å²) < 4.78 is 5.76. The summed E-state index contributed by atoms with van der Waals surface area (Å²) >= 11 is 0. The summed E-state index contributed by atoms with van der Waals surface area (Å²) in [6, 6.07) is 6.05. The molecule has 0 spiro atoms. The Labute approximate surface area is 125 Å². The Morgan fingerprint density at radius 3 is 2.67 bits per heavy atom. The minimum Gasteiger partial charge on any atom is -0.388 e. The van der Waals surface area contributed by atoms with Crippen molar-refractivity contribution in [3.8, 4) is 0 Å². The van der Waals surface area contributed by atoms with Gasteiger partial charge in [0, 0.05) is 31.5 Å².